The summed E-state index contributed by atoms with van der Waals surface area (Å²) in [5, 5.41) is 10.9. The Morgan fingerprint density at radius 3 is 3.04 bits per heavy atom. The SMILES string of the molecule is Fc1ccc2cc1-c1cnn3ccc(nc13)OCCCNCCN2. The largest absolute Gasteiger partial charge is 0.478 e. The van der Waals surface area contributed by atoms with Gasteiger partial charge in [-0.05, 0) is 31.2 Å². The molecule has 0 aliphatic carbocycles. The lowest BCUT2D eigenvalue weighted by Gasteiger charge is -2.09. The highest BCUT2D eigenvalue weighted by atomic mass is 19.1. The van der Waals surface area contributed by atoms with Crippen LogP contribution in [0.25, 0.3) is 16.8 Å². The number of nitrogens with one attached hydrogen (secondary N) is 2. The second-order valence-corrected chi connectivity index (χ2v) is 5.67. The van der Waals surface area contributed by atoms with Gasteiger partial charge in [0, 0.05) is 42.2 Å². The number of aromatic nitrogens is 3. The van der Waals surface area contributed by atoms with Crippen LogP contribution in [0.5, 0.6) is 5.88 Å². The number of rotatable bonds is 0. The molecular weight excluding hydrogens is 309 g/mol. The second kappa shape index (κ2) is 6.45. The van der Waals surface area contributed by atoms with E-state index in [4.69, 9.17) is 4.74 Å². The predicted octanol–water partition coefficient (Wildman–Crippen LogP) is 2.32. The van der Waals surface area contributed by atoms with E-state index in [0.717, 1.165) is 31.7 Å². The molecule has 4 rings (SSSR count). The van der Waals surface area contributed by atoms with E-state index < -0.39 is 0 Å². The molecule has 1 aliphatic heterocycles. The van der Waals surface area contributed by atoms with Crippen LogP contribution >= 0.6 is 0 Å². The zero-order valence-corrected chi connectivity index (χ0v) is 13.1. The van der Waals surface area contributed by atoms with Crippen molar-refractivity contribution in [1.82, 2.24) is 19.9 Å². The van der Waals surface area contributed by atoms with Crippen LogP contribution in [-0.2, 0) is 0 Å². The summed E-state index contributed by atoms with van der Waals surface area (Å²) >= 11 is 0. The molecule has 0 unspecified atom stereocenters. The molecule has 3 heterocycles. The molecule has 6 nitrogen and oxygen atoms in total. The average Bonchev–Trinajstić information content (AvgIpc) is 3.01. The molecule has 1 aliphatic rings. The van der Waals surface area contributed by atoms with Crippen molar-refractivity contribution < 1.29 is 9.13 Å². The number of hydrogen-bond donors (Lipinski definition) is 2. The Morgan fingerprint density at radius 2 is 2.08 bits per heavy atom. The van der Waals surface area contributed by atoms with Crippen LogP contribution in [0.3, 0.4) is 0 Å². The van der Waals surface area contributed by atoms with E-state index in [1.807, 2.05) is 0 Å². The Bertz CT molecular complexity index is 863. The van der Waals surface area contributed by atoms with Crippen molar-refractivity contribution in [3.63, 3.8) is 0 Å². The standard InChI is InChI=1S/C17H18FN5O/c18-15-3-2-12-10-13(15)14-11-21-23-8-4-16(22-17(14)23)24-9-1-5-19-6-7-20-12/h2-4,8,10-11,19-20H,1,5-7,9H2. The van der Waals surface area contributed by atoms with Crippen molar-refractivity contribution in [2.45, 2.75) is 6.42 Å². The molecule has 0 atom stereocenters. The average molecular weight is 327 g/mol. The molecule has 0 saturated carbocycles. The van der Waals surface area contributed by atoms with Crippen LogP contribution < -0.4 is 15.4 Å². The summed E-state index contributed by atoms with van der Waals surface area (Å²) in [5.41, 5.74) is 2.57. The van der Waals surface area contributed by atoms with Crippen LogP contribution in [0.1, 0.15) is 6.42 Å². The normalized spacial score (nSPS) is 15.4. The van der Waals surface area contributed by atoms with Gasteiger partial charge in [-0.3, -0.25) is 0 Å². The van der Waals surface area contributed by atoms with Crippen LogP contribution in [-0.4, -0.2) is 40.8 Å². The molecule has 2 aromatic heterocycles. The van der Waals surface area contributed by atoms with Gasteiger partial charge >= 0.3 is 0 Å². The van der Waals surface area contributed by atoms with Crippen molar-refractivity contribution in [3.05, 3.63) is 42.5 Å². The second-order valence-electron chi connectivity index (χ2n) is 5.67. The van der Waals surface area contributed by atoms with E-state index in [9.17, 15) is 4.39 Å². The number of anilines is 1. The minimum Gasteiger partial charge on any atom is -0.478 e. The topological polar surface area (TPSA) is 63.5 Å². The predicted molar refractivity (Wildman–Crippen MR) is 89.9 cm³/mol. The Balaban J connectivity index is 1.82. The van der Waals surface area contributed by atoms with Gasteiger partial charge in [0.2, 0.25) is 5.88 Å². The van der Waals surface area contributed by atoms with Gasteiger partial charge in [-0.25, -0.2) is 8.91 Å². The van der Waals surface area contributed by atoms with Gasteiger partial charge in [-0.1, -0.05) is 0 Å². The molecule has 0 radical (unpaired) electrons. The maximum Gasteiger partial charge on any atom is 0.216 e. The first-order chi connectivity index (χ1) is 11.8. The summed E-state index contributed by atoms with van der Waals surface area (Å²) in [6.07, 6.45) is 4.30. The van der Waals surface area contributed by atoms with Crippen LogP contribution in [0.4, 0.5) is 10.1 Å². The molecule has 0 fully saturated rings. The molecule has 0 spiro atoms. The number of fused-ring (bicyclic) bond motifs is 4. The van der Waals surface area contributed by atoms with E-state index in [1.54, 1.807) is 35.1 Å². The zero-order valence-electron chi connectivity index (χ0n) is 13.1. The number of hydrogen-bond acceptors (Lipinski definition) is 5. The highest BCUT2D eigenvalue weighted by Crippen LogP contribution is 2.29. The number of halogens is 1. The monoisotopic (exact) mass is 327 g/mol. The smallest absolute Gasteiger partial charge is 0.216 e. The zero-order chi connectivity index (χ0) is 16.4. The van der Waals surface area contributed by atoms with Gasteiger partial charge in [-0.2, -0.15) is 10.1 Å². The van der Waals surface area contributed by atoms with E-state index in [2.05, 4.69) is 20.7 Å². The summed E-state index contributed by atoms with van der Waals surface area (Å²) in [7, 11) is 0. The third-order valence-corrected chi connectivity index (χ3v) is 3.98. The van der Waals surface area contributed by atoms with Gasteiger partial charge in [0.1, 0.15) is 5.82 Å². The van der Waals surface area contributed by atoms with E-state index >= 15 is 0 Å². The maximum absolute atomic E-state index is 14.4. The molecule has 24 heavy (non-hydrogen) atoms. The van der Waals surface area contributed by atoms with Crippen LogP contribution in [0.2, 0.25) is 0 Å². The maximum atomic E-state index is 14.4. The third-order valence-electron chi connectivity index (χ3n) is 3.98. The van der Waals surface area contributed by atoms with Gasteiger partial charge < -0.3 is 15.4 Å². The lowest BCUT2D eigenvalue weighted by molar-refractivity contribution is 0.297. The molecule has 4 bridgehead atoms. The Hall–Kier alpha value is -2.67. The Labute approximate surface area is 138 Å². The number of benzene rings is 1. The van der Waals surface area contributed by atoms with Crippen molar-refractivity contribution in [2.24, 2.45) is 0 Å². The lowest BCUT2D eigenvalue weighted by atomic mass is 10.1. The summed E-state index contributed by atoms with van der Waals surface area (Å²) in [5.74, 6) is 0.222. The molecule has 7 heteroatoms. The van der Waals surface area contributed by atoms with E-state index in [-0.39, 0.29) is 5.82 Å². The third kappa shape index (κ3) is 2.90. The fourth-order valence-electron chi connectivity index (χ4n) is 2.76. The minimum atomic E-state index is -0.300. The molecule has 2 N–H and O–H groups in total. The highest BCUT2D eigenvalue weighted by Gasteiger charge is 2.14. The summed E-state index contributed by atoms with van der Waals surface area (Å²) < 4.78 is 21.7. The van der Waals surface area contributed by atoms with Crippen LogP contribution in [0.15, 0.2) is 36.7 Å². The van der Waals surface area contributed by atoms with Gasteiger partial charge in [0.05, 0.1) is 12.8 Å². The van der Waals surface area contributed by atoms with Crippen molar-refractivity contribution in [3.8, 4) is 17.0 Å². The Kier molecular flexibility index (Phi) is 4.00. The lowest BCUT2D eigenvalue weighted by Crippen LogP contribution is -2.24. The number of nitrogens with zero attached hydrogens (tertiary/aromatic N) is 3. The highest BCUT2D eigenvalue weighted by molar-refractivity contribution is 5.79. The number of ether oxygens (including phenoxy) is 1. The molecule has 1 aromatic carbocycles. The first-order valence-corrected chi connectivity index (χ1v) is 8.03. The first kappa shape index (κ1) is 14.9. The van der Waals surface area contributed by atoms with Crippen molar-refractivity contribution >= 4 is 11.3 Å². The summed E-state index contributed by atoms with van der Waals surface area (Å²) in [4.78, 5) is 4.49. The van der Waals surface area contributed by atoms with Crippen molar-refractivity contribution in [2.75, 3.05) is 31.6 Å². The molecule has 0 amide bonds. The van der Waals surface area contributed by atoms with Crippen LogP contribution in [0, 0.1) is 5.82 Å². The van der Waals surface area contributed by atoms with Gasteiger partial charge in [0.25, 0.3) is 0 Å². The molecule has 3 aromatic rings. The first-order valence-electron chi connectivity index (χ1n) is 8.03. The van der Waals surface area contributed by atoms with Gasteiger partial charge in [0.15, 0.2) is 5.65 Å². The minimum absolute atomic E-state index is 0.300. The quantitative estimate of drug-likeness (QED) is 0.663. The molecule has 0 saturated heterocycles. The van der Waals surface area contributed by atoms with Gasteiger partial charge in [-0.15, -0.1) is 0 Å². The fraction of sp³-hybridized carbons (Fsp3) is 0.294. The Morgan fingerprint density at radius 1 is 1.12 bits per heavy atom. The summed E-state index contributed by atoms with van der Waals surface area (Å²) in [6.45, 7) is 3.05. The fourth-order valence-corrected chi connectivity index (χ4v) is 2.76. The van der Waals surface area contributed by atoms with E-state index in [0.29, 0.717) is 29.3 Å². The van der Waals surface area contributed by atoms with Crippen molar-refractivity contribution in [1.29, 1.82) is 0 Å². The summed E-state index contributed by atoms with van der Waals surface area (Å²) in [6, 6.07) is 6.77. The van der Waals surface area contributed by atoms with E-state index in [1.165, 1.54) is 6.07 Å². The molecular formula is C17H18FN5O. The molecule has 124 valence electrons.